The van der Waals surface area contributed by atoms with Crippen LogP contribution >= 0.6 is 12.4 Å². The van der Waals surface area contributed by atoms with E-state index in [2.05, 4.69) is 10.6 Å². The first-order chi connectivity index (χ1) is 9.22. The van der Waals surface area contributed by atoms with Crippen molar-refractivity contribution in [2.75, 3.05) is 32.6 Å². The largest absolute Gasteiger partial charge is 0.497 e. The fraction of sp³-hybridized carbons (Fsp3) is 0.500. The van der Waals surface area contributed by atoms with Crippen LogP contribution in [-0.2, 0) is 0 Å². The van der Waals surface area contributed by atoms with Crippen molar-refractivity contribution in [1.29, 1.82) is 0 Å². The number of amides is 2. The molecule has 0 bridgehead atoms. The van der Waals surface area contributed by atoms with Gasteiger partial charge in [0.1, 0.15) is 5.75 Å². The molecule has 2 amide bonds. The summed E-state index contributed by atoms with van der Waals surface area (Å²) in [5, 5.41) is 6.14. The summed E-state index contributed by atoms with van der Waals surface area (Å²) in [7, 11) is 3.56. The molecule has 1 saturated heterocycles. The first kappa shape index (κ1) is 16.6. The van der Waals surface area contributed by atoms with Gasteiger partial charge in [-0.2, -0.15) is 0 Å². The molecular weight excluding hydrogens is 278 g/mol. The van der Waals surface area contributed by atoms with Gasteiger partial charge in [-0.15, -0.1) is 12.4 Å². The van der Waals surface area contributed by atoms with Crippen molar-refractivity contribution >= 4 is 24.1 Å². The Hall–Kier alpha value is -1.46. The van der Waals surface area contributed by atoms with Crippen LogP contribution in [-0.4, -0.2) is 44.2 Å². The van der Waals surface area contributed by atoms with Gasteiger partial charge in [0.05, 0.1) is 7.11 Å². The molecule has 0 aliphatic carbocycles. The number of anilines is 1. The lowest BCUT2D eigenvalue weighted by molar-refractivity contribution is 0.187. The number of hydrogen-bond donors (Lipinski definition) is 2. The van der Waals surface area contributed by atoms with Gasteiger partial charge in [-0.25, -0.2) is 4.79 Å². The first-order valence-electron chi connectivity index (χ1n) is 6.60. The monoisotopic (exact) mass is 299 g/mol. The summed E-state index contributed by atoms with van der Waals surface area (Å²) >= 11 is 0. The van der Waals surface area contributed by atoms with Crippen molar-refractivity contribution in [2.24, 2.45) is 0 Å². The third-order valence-corrected chi connectivity index (χ3v) is 3.46. The van der Waals surface area contributed by atoms with E-state index in [9.17, 15) is 4.79 Å². The van der Waals surface area contributed by atoms with Gasteiger partial charge in [0, 0.05) is 24.8 Å². The minimum absolute atomic E-state index is 0. The molecule has 20 heavy (non-hydrogen) atoms. The molecule has 2 N–H and O–H groups in total. The number of carbonyl (C=O) groups is 1. The van der Waals surface area contributed by atoms with E-state index in [0.717, 1.165) is 37.4 Å². The Kier molecular flexibility index (Phi) is 6.61. The van der Waals surface area contributed by atoms with Crippen molar-refractivity contribution < 1.29 is 9.53 Å². The van der Waals surface area contributed by atoms with Gasteiger partial charge in [0.2, 0.25) is 0 Å². The molecular formula is C14H22ClN3O2. The van der Waals surface area contributed by atoms with Gasteiger partial charge in [0.15, 0.2) is 0 Å². The lowest BCUT2D eigenvalue weighted by Gasteiger charge is -2.32. The van der Waals surface area contributed by atoms with E-state index >= 15 is 0 Å². The summed E-state index contributed by atoms with van der Waals surface area (Å²) in [5.41, 5.74) is 0.789. The average Bonchev–Trinajstić information content (AvgIpc) is 2.48. The predicted molar refractivity (Wildman–Crippen MR) is 82.9 cm³/mol. The third kappa shape index (κ3) is 4.28. The first-order valence-corrected chi connectivity index (χ1v) is 6.60. The smallest absolute Gasteiger partial charge is 0.321 e. The van der Waals surface area contributed by atoms with Gasteiger partial charge in [-0.05, 0) is 44.2 Å². The van der Waals surface area contributed by atoms with Crippen molar-refractivity contribution in [3.05, 3.63) is 24.3 Å². The Morgan fingerprint density at radius 3 is 2.65 bits per heavy atom. The van der Waals surface area contributed by atoms with E-state index in [1.807, 2.05) is 36.2 Å². The van der Waals surface area contributed by atoms with Crippen LogP contribution in [0.3, 0.4) is 0 Å². The molecule has 1 heterocycles. The zero-order valence-electron chi connectivity index (χ0n) is 11.9. The minimum Gasteiger partial charge on any atom is -0.497 e. The molecule has 1 aliphatic heterocycles. The zero-order valence-corrected chi connectivity index (χ0v) is 12.7. The summed E-state index contributed by atoms with van der Waals surface area (Å²) in [4.78, 5) is 14.0. The second-order valence-corrected chi connectivity index (χ2v) is 4.73. The summed E-state index contributed by atoms with van der Waals surface area (Å²) in [5.74, 6) is 0.784. The molecule has 6 heteroatoms. The number of likely N-dealkylation sites (N-methyl/N-ethyl adjacent to an activating group) is 1. The van der Waals surface area contributed by atoms with Crippen LogP contribution in [0, 0.1) is 0 Å². The maximum Gasteiger partial charge on any atom is 0.321 e. The molecule has 0 saturated carbocycles. The number of urea groups is 1. The highest BCUT2D eigenvalue weighted by atomic mass is 35.5. The van der Waals surface area contributed by atoms with E-state index in [0.29, 0.717) is 6.04 Å². The fourth-order valence-corrected chi connectivity index (χ4v) is 2.27. The number of rotatable bonds is 3. The molecule has 1 aromatic carbocycles. The molecule has 0 radical (unpaired) electrons. The molecule has 2 rings (SSSR count). The van der Waals surface area contributed by atoms with Crippen molar-refractivity contribution in [3.8, 4) is 5.75 Å². The van der Waals surface area contributed by atoms with Crippen LogP contribution in [0.15, 0.2) is 24.3 Å². The SMILES string of the molecule is CN[C@H]1CCCN(C(=O)Nc2ccc(OC)cc2)C1.Cl. The van der Waals surface area contributed by atoms with Gasteiger partial charge >= 0.3 is 6.03 Å². The second-order valence-electron chi connectivity index (χ2n) is 4.73. The van der Waals surface area contributed by atoms with Crippen LogP contribution in [0.4, 0.5) is 10.5 Å². The maximum absolute atomic E-state index is 12.1. The lowest BCUT2D eigenvalue weighted by atomic mass is 10.1. The van der Waals surface area contributed by atoms with Crippen molar-refractivity contribution in [2.45, 2.75) is 18.9 Å². The van der Waals surface area contributed by atoms with E-state index in [4.69, 9.17) is 4.74 Å². The Morgan fingerprint density at radius 1 is 1.35 bits per heavy atom. The molecule has 5 nitrogen and oxygen atoms in total. The van der Waals surface area contributed by atoms with Crippen LogP contribution < -0.4 is 15.4 Å². The molecule has 1 atom stereocenters. The van der Waals surface area contributed by atoms with E-state index in [1.165, 1.54) is 0 Å². The molecule has 0 spiro atoms. The molecule has 1 fully saturated rings. The van der Waals surface area contributed by atoms with Gasteiger partial charge in [0.25, 0.3) is 0 Å². The van der Waals surface area contributed by atoms with E-state index in [-0.39, 0.29) is 18.4 Å². The standard InChI is InChI=1S/C14H21N3O2.ClH/c1-15-12-4-3-9-17(10-12)14(18)16-11-5-7-13(19-2)8-6-11;/h5-8,12,15H,3-4,9-10H2,1-2H3,(H,16,18);1H/t12-;/m0./s1. The molecule has 0 unspecified atom stereocenters. The number of benzene rings is 1. The summed E-state index contributed by atoms with van der Waals surface area (Å²) in [6.45, 7) is 1.58. The third-order valence-electron chi connectivity index (χ3n) is 3.46. The topological polar surface area (TPSA) is 53.6 Å². The quantitative estimate of drug-likeness (QED) is 0.901. The lowest BCUT2D eigenvalue weighted by Crippen LogP contribution is -2.48. The van der Waals surface area contributed by atoms with Crippen molar-refractivity contribution in [1.82, 2.24) is 10.2 Å². The molecule has 1 aromatic rings. The number of hydrogen-bond acceptors (Lipinski definition) is 3. The minimum atomic E-state index is -0.0369. The maximum atomic E-state index is 12.1. The summed E-state index contributed by atoms with van der Waals surface area (Å²) < 4.78 is 5.09. The van der Waals surface area contributed by atoms with Gasteiger partial charge in [-0.1, -0.05) is 0 Å². The van der Waals surface area contributed by atoms with Crippen LogP contribution in [0.25, 0.3) is 0 Å². The summed E-state index contributed by atoms with van der Waals surface area (Å²) in [6, 6.07) is 7.72. The van der Waals surface area contributed by atoms with Crippen LogP contribution in [0.5, 0.6) is 5.75 Å². The normalized spacial score (nSPS) is 18.1. The highest BCUT2D eigenvalue weighted by molar-refractivity contribution is 5.89. The van der Waals surface area contributed by atoms with Crippen LogP contribution in [0.1, 0.15) is 12.8 Å². The highest BCUT2D eigenvalue weighted by Crippen LogP contribution is 2.16. The number of methoxy groups -OCH3 is 1. The zero-order chi connectivity index (χ0) is 13.7. The second kappa shape index (κ2) is 7.97. The molecule has 0 aromatic heterocycles. The highest BCUT2D eigenvalue weighted by Gasteiger charge is 2.22. The Balaban J connectivity index is 0.00000200. The number of halogens is 1. The van der Waals surface area contributed by atoms with Crippen LogP contribution in [0.2, 0.25) is 0 Å². The molecule has 112 valence electrons. The average molecular weight is 300 g/mol. The Bertz CT molecular complexity index is 425. The van der Waals surface area contributed by atoms with Gasteiger partial charge in [-0.3, -0.25) is 0 Å². The van der Waals surface area contributed by atoms with Crippen molar-refractivity contribution in [3.63, 3.8) is 0 Å². The summed E-state index contributed by atoms with van der Waals surface area (Å²) in [6.07, 6.45) is 2.17. The van der Waals surface area contributed by atoms with E-state index in [1.54, 1.807) is 7.11 Å². The number of carbonyl (C=O) groups excluding carboxylic acids is 1. The predicted octanol–water partition coefficient (Wildman–Crippen LogP) is 2.33. The Labute approximate surface area is 126 Å². The van der Waals surface area contributed by atoms with Gasteiger partial charge < -0.3 is 20.3 Å². The number of ether oxygens (including phenoxy) is 1. The Morgan fingerprint density at radius 2 is 2.05 bits per heavy atom. The molecule has 1 aliphatic rings. The van der Waals surface area contributed by atoms with E-state index < -0.39 is 0 Å². The number of piperidine rings is 1. The number of nitrogens with zero attached hydrogens (tertiary/aromatic N) is 1. The number of likely N-dealkylation sites (tertiary alicyclic amines) is 1. The number of nitrogens with one attached hydrogen (secondary N) is 2. The fourth-order valence-electron chi connectivity index (χ4n) is 2.27.